The maximum atomic E-state index is 12.5. The fraction of sp³-hybridized carbons (Fsp3) is 0.158. The summed E-state index contributed by atoms with van der Waals surface area (Å²) in [6, 6.07) is 6.26. The number of carbonyl (C=O) groups excluding carboxylic acids is 3. The van der Waals surface area contributed by atoms with Gasteiger partial charge in [-0.3, -0.25) is 14.5 Å². The number of ether oxygens (including phenoxy) is 1. The average molecular weight is 436 g/mol. The van der Waals surface area contributed by atoms with E-state index >= 15 is 0 Å². The minimum Gasteiger partial charge on any atom is -0.478 e. The predicted octanol–water partition coefficient (Wildman–Crippen LogP) is 3.90. The number of furan rings is 1. The summed E-state index contributed by atoms with van der Waals surface area (Å²) in [7, 11) is 1.17. The number of benzene rings is 1. The van der Waals surface area contributed by atoms with Crippen LogP contribution in [0.15, 0.2) is 39.7 Å². The third kappa shape index (κ3) is 4.06. The van der Waals surface area contributed by atoms with Crippen LogP contribution in [-0.4, -0.2) is 46.2 Å². The number of carboxylic acids is 1. The van der Waals surface area contributed by atoms with Gasteiger partial charge in [-0.2, -0.15) is 0 Å². The predicted molar refractivity (Wildman–Crippen MR) is 105 cm³/mol. The molecule has 2 amide bonds. The van der Waals surface area contributed by atoms with Crippen LogP contribution in [0, 0.1) is 0 Å². The number of carbonyl (C=O) groups is 4. The quantitative estimate of drug-likeness (QED) is 0.555. The number of hydrogen-bond acceptors (Lipinski definition) is 7. The summed E-state index contributed by atoms with van der Waals surface area (Å²) in [4.78, 5) is 48.4. The summed E-state index contributed by atoms with van der Waals surface area (Å²) < 4.78 is 10.2. The molecular weight excluding hydrogens is 422 g/mol. The van der Waals surface area contributed by atoms with Crippen LogP contribution >= 0.6 is 23.4 Å². The van der Waals surface area contributed by atoms with Gasteiger partial charge in [0.1, 0.15) is 17.6 Å². The Morgan fingerprint density at radius 2 is 2.00 bits per heavy atom. The van der Waals surface area contributed by atoms with E-state index in [0.29, 0.717) is 28.1 Å². The van der Waals surface area contributed by atoms with Gasteiger partial charge in [0.25, 0.3) is 11.1 Å². The molecule has 0 radical (unpaired) electrons. The van der Waals surface area contributed by atoms with Gasteiger partial charge in [0.05, 0.1) is 22.6 Å². The molecule has 8 nitrogen and oxygen atoms in total. The molecular formula is C19H14ClNO7S. The molecule has 1 aliphatic rings. The van der Waals surface area contributed by atoms with Gasteiger partial charge in [0.15, 0.2) is 0 Å². The van der Waals surface area contributed by atoms with Crippen molar-refractivity contribution in [2.24, 2.45) is 0 Å². The maximum absolute atomic E-state index is 12.5. The first-order chi connectivity index (χ1) is 13.7. The van der Waals surface area contributed by atoms with Crippen molar-refractivity contribution in [2.75, 3.05) is 7.11 Å². The van der Waals surface area contributed by atoms with Gasteiger partial charge in [-0.1, -0.05) is 11.6 Å². The number of methoxy groups -OCH3 is 1. The number of imide groups is 1. The van der Waals surface area contributed by atoms with Crippen molar-refractivity contribution in [2.45, 2.75) is 13.0 Å². The maximum Gasteiger partial charge on any atom is 0.335 e. The van der Waals surface area contributed by atoms with Gasteiger partial charge >= 0.3 is 11.9 Å². The first-order valence-electron chi connectivity index (χ1n) is 8.21. The number of carboxylic acid groups (broad SMARTS) is 1. The van der Waals surface area contributed by atoms with E-state index in [9.17, 15) is 19.2 Å². The van der Waals surface area contributed by atoms with Gasteiger partial charge in [-0.05, 0) is 49.0 Å². The lowest BCUT2D eigenvalue weighted by Crippen LogP contribution is -2.42. The van der Waals surface area contributed by atoms with Crippen molar-refractivity contribution in [1.82, 2.24) is 4.90 Å². The Kier molecular flexibility index (Phi) is 5.81. The highest BCUT2D eigenvalue weighted by molar-refractivity contribution is 8.18. The van der Waals surface area contributed by atoms with Gasteiger partial charge in [-0.15, -0.1) is 0 Å². The Hall–Kier alpha value is -3.04. The zero-order valence-electron chi connectivity index (χ0n) is 15.2. The fourth-order valence-electron chi connectivity index (χ4n) is 2.64. The van der Waals surface area contributed by atoms with Crippen molar-refractivity contribution in [3.63, 3.8) is 0 Å². The Bertz CT molecular complexity index is 1060. The van der Waals surface area contributed by atoms with E-state index in [2.05, 4.69) is 4.74 Å². The molecule has 0 saturated carbocycles. The van der Waals surface area contributed by atoms with Crippen molar-refractivity contribution < 1.29 is 33.4 Å². The standard InChI is InChI=1S/C19H14ClNO7S/c1-9(18(25)27-2)21-16(22)15(29-19(21)26)8-11-4-6-14(28-11)12-7-10(17(23)24)3-5-13(12)20/h3-9H,1-2H3,(H,23,24)/b15-8-. The summed E-state index contributed by atoms with van der Waals surface area (Å²) in [6.45, 7) is 1.40. The van der Waals surface area contributed by atoms with Gasteiger partial charge in [-0.25, -0.2) is 9.59 Å². The number of halogens is 1. The first kappa shape index (κ1) is 20.7. The largest absolute Gasteiger partial charge is 0.478 e. The summed E-state index contributed by atoms with van der Waals surface area (Å²) in [5, 5.41) is 8.83. The summed E-state index contributed by atoms with van der Waals surface area (Å²) in [5.41, 5.74) is 0.416. The van der Waals surface area contributed by atoms with E-state index in [0.717, 1.165) is 4.90 Å². The van der Waals surface area contributed by atoms with Crippen LogP contribution in [0.2, 0.25) is 5.02 Å². The molecule has 0 aliphatic carbocycles. The molecule has 1 aliphatic heterocycles. The SMILES string of the molecule is COC(=O)C(C)N1C(=O)S/C(=C\c2ccc(-c3cc(C(=O)O)ccc3Cl)o2)C1=O. The van der Waals surface area contributed by atoms with Gasteiger partial charge in [0, 0.05) is 11.6 Å². The van der Waals surface area contributed by atoms with E-state index in [1.807, 2.05) is 0 Å². The normalized spacial score (nSPS) is 16.4. The lowest BCUT2D eigenvalue weighted by molar-refractivity contribution is -0.148. The lowest BCUT2D eigenvalue weighted by Gasteiger charge is -2.18. The van der Waals surface area contributed by atoms with E-state index in [-0.39, 0.29) is 16.2 Å². The molecule has 1 aromatic heterocycles. The average Bonchev–Trinajstić information content (AvgIpc) is 3.25. The second-order valence-corrected chi connectivity index (χ2v) is 7.35. The molecule has 29 heavy (non-hydrogen) atoms. The van der Waals surface area contributed by atoms with E-state index in [4.69, 9.17) is 21.1 Å². The molecule has 0 bridgehead atoms. The van der Waals surface area contributed by atoms with Crippen molar-refractivity contribution >= 4 is 52.5 Å². The molecule has 3 rings (SSSR count). The van der Waals surface area contributed by atoms with Crippen LogP contribution in [-0.2, 0) is 14.3 Å². The van der Waals surface area contributed by atoms with Crippen LogP contribution in [0.4, 0.5) is 4.79 Å². The number of aromatic carboxylic acids is 1. The van der Waals surface area contributed by atoms with E-state index < -0.39 is 29.1 Å². The fourth-order valence-corrected chi connectivity index (χ4v) is 3.74. The highest BCUT2D eigenvalue weighted by atomic mass is 35.5. The molecule has 10 heteroatoms. The van der Waals surface area contributed by atoms with Gasteiger partial charge < -0.3 is 14.3 Å². The molecule has 0 spiro atoms. The Morgan fingerprint density at radius 1 is 1.28 bits per heavy atom. The van der Waals surface area contributed by atoms with Crippen LogP contribution in [0.25, 0.3) is 17.4 Å². The molecule has 150 valence electrons. The lowest BCUT2D eigenvalue weighted by atomic mass is 10.1. The monoisotopic (exact) mass is 435 g/mol. The number of thioether (sulfide) groups is 1. The topological polar surface area (TPSA) is 114 Å². The highest BCUT2D eigenvalue weighted by Gasteiger charge is 2.41. The van der Waals surface area contributed by atoms with Crippen molar-refractivity contribution in [1.29, 1.82) is 0 Å². The van der Waals surface area contributed by atoms with Crippen LogP contribution in [0.1, 0.15) is 23.0 Å². The zero-order valence-corrected chi connectivity index (χ0v) is 16.7. The molecule has 1 saturated heterocycles. The molecule has 2 heterocycles. The number of esters is 1. The first-order valence-corrected chi connectivity index (χ1v) is 9.40. The molecule has 1 atom stereocenters. The number of hydrogen-bond donors (Lipinski definition) is 1. The highest BCUT2D eigenvalue weighted by Crippen LogP contribution is 2.35. The smallest absolute Gasteiger partial charge is 0.335 e. The summed E-state index contributed by atoms with van der Waals surface area (Å²) >= 11 is 6.81. The minimum absolute atomic E-state index is 0.0419. The van der Waals surface area contributed by atoms with E-state index in [1.165, 1.54) is 38.3 Å². The second kappa shape index (κ2) is 8.14. The second-order valence-electron chi connectivity index (χ2n) is 5.95. The Labute approximate surface area is 174 Å². The summed E-state index contributed by atoms with van der Waals surface area (Å²) in [6.07, 6.45) is 1.37. The third-order valence-corrected chi connectivity index (χ3v) is 5.35. The van der Waals surface area contributed by atoms with Gasteiger partial charge in [0.2, 0.25) is 0 Å². The Balaban J connectivity index is 1.89. The molecule has 1 unspecified atom stereocenters. The number of rotatable bonds is 5. The molecule has 1 N–H and O–H groups in total. The minimum atomic E-state index is -1.11. The van der Waals surface area contributed by atoms with Crippen LogP contribution < -0.4 is 0 Å². The molecule has 2 aromatic rings. The van der Waals surface area contributed by atoms with Crippen LogP contribution in [0.3, 0.4) is 0 Å². The van der Waals surface area contributed by atoms with Crippen molar-refractivity contribution in [3.05, 3.63) is 51.6 Å². The number of nitrogens with zero attached hydrogens (tertiary/aromatic N) is 1. The zero-order chi connectivity index (χ0) is 21.3. The molecule has 1 aromatic carbocycles. The van der Waals surface area contributed by atoms with Crippen molar-refractivity contribution in [3.8, 4) is 11.3 Å². The number of amides is 2. The summed E-state index contributed by atoms with van der Waals surface area (Å²) in [5.74, 6) is -1.90. The third-order valence-electron chi connectivity index (χ3n) is 4.13. The molecule has 1 fully saturated rings. The van der Waals surface area contributed by atoms with Crippen LogP contribution in [0.5, 0.6) is 0 Å². The van der Waals surface area contributed by atoms with E-state index in [1.54, 1.807) is 12.1 Å². The Morgan fingerprint density at radius 3 is 2.66 bits per heavy atom.